The number of fused-ring (bicyclic) bond motifs is 1. The van der Waals surface area contributed by atoms with Gasteiger partial charge in [0, 0.05) is 31.1 Å². The smallest absolute Gasteiger partial charge is 0.263 e. The predicted octanol–water partition coefficient (Wildman–Crippen LogP) is 3.80. The molecule has 0 fully saturated rings. The molecule has 0 atom stereocenters. The van der Waals surface area contributed by atoms with Gasteiger partial charge in [-0.1, -0.05) is 60.7 Å². The molecule has 4 rings (SSSR count). The first-order valence-corrected chi connectivity index (χ1v) is 10.9. The van der Waals surface area contributed by atoms with Gasteiger partial charge in [0.2, 0.25) is 5.91 Å². The van der Waals surface area contributed by atoms with Crippen LogP contribution in [0.3, 0.4) is 0 Å². The molecular weight excluding hydrogens is 410 g/mol. The highest BCUT2D eigenvalue weighted by Crippen LogP contribution is 2.30. The van der Waals surface area contributed by atoms with Crippen molar-refractivity contribution in [1.29, 1.82) is 0 Å². The van der Waals surface area contributed by atoms with Crippen molar-refractivity contribution >= 4 is 27.5 Å². The predicted molar refractivity (Wildman–Crippen MR) is 123 cm³/mol. The van der Waals surface area contributed by atoms with E-state index in [4.69, 9.17) is 4.74 Å². The SMILES string of the molecule is COCCN(Cc1ccccc1)C(=O)Cn1cnc2scc(-c3ccccc3)c2c1=O. The minimum atomic E-state index is -0.204. The van der Waals surface area contributed by atoms with Crippen LogP contribution in [0.5, 0.6) is 0 Å². The van der Waals surface area contributed by atoms with Crippen LogP contribution in [0.4, 0.5) is 0 Å². The molecule has 2 aromatic heterocycles. The van der Waals surface area contributed by atoms with Crippen molar-refractivity contribution in [2.75, 3.05) is 20.3 Å². The molecule has 2 aromatic carbocycles. The highest BCUT2D eigenvalue weighted by atomic mass is 32.1. The second-order valence-corrected chi connectivity index (χ2v) is 8.02. The van der Waals surface area contributed by atoms with E-state index in [1.54, 1.807) is 12.0 Å². The zero-order valence-corrected chi connectivity index (χ0v) is 18.0. The Morgan fingerprint density at radius 3 is 2.52 bits per heavy atom. The van der Waals surface area contributed by atoms with E-state index in [1.165, 1.54) is 22.2 Å². The monoisotopic (exact) mass is 433 g/mol. The average molecular weight is 434 g/mol. The summed E-state index contributed by atoms with van der Waals surface area (Å²) in [6.07, 6.45) is 1.46. The van der Waals surface area contributed by atoms with Crippen molar-refractivity contribution in [3.63, 3.8) is 0 Å². The molecule has 2 heterocycles. The molecule has 158 valence electrons. The number of carbonyl (C=O) groups is 1. The Hall–Kier alpha value is -3.29. The maximum atomic E-state index is 13.2. The van der Waals surface area contributed by atoms with Gasteiger partial charge in [-0.2, -0.15) is 0 Å². The van der Waals surface area contributed by atoms with E-state index in [0.717, 1.165) is 16.7 Å². The number of ether oxygens (including phenoxy) is 1. The lowest BCUT2D eigenvalue weighted by atomic mass is 10.1. The van der Waals surface area contributed by atoms with E-state index >= 15 is 0 Å². The van der Waals surface area contributed by atoms with Gasteiger partial charge in [-0.15, -0.1) is 11.3 Å². The highest BCUT2D eigenvalue weighted by Gasteiger charge is 2.18. The van der Waals surface area contributed by atoms with E-state index in [0.29, 0.717) is 29.9 Å². The van der Waals surface area contributed by atoms with Crippen molar-refractivity contribution in [3.8, 4) is 11.1 Å². The lowest BCUT2D eigenvalue weighted by molar-refractivity contribution is -0.133. The Morgan fingerprint density at radius 2 is 1.81 bits per heavy atom. The zero-order valence-electron chi connectivity index (χ0n) is 17.2. The first-order chi connectivity index (χ1) is 15.2. The van der Waals surface area contributed by atoms with Crippen LogP contribution >= 0.6 is 11.3 Å². The lowest BCUT2D eigenvalue weighted by Crippen LogP contribution is -2.38. The highest BCUT2D eigenvalue weighted by molar-refractivity contribution is 7.17. The first kappa shape index (κ1) is 21.0. The largest absolute Gasteiger partial charge is 0.383 e. The van der Waals surface area contributed by atoms with Gasteiger partial charge in [-0.05, 0) is 11.1 Å². The summed E-state index contributed by atoms with van der Waals surface area (Å²) in [7, 11) is 1.61. The third kappa shape index (κ3) is 4.73. The Morgan fingerprint density at radius 1 is 1.10 bits per heavy atom. The zero-order chi connectivity index (χ0) is 21.6. The fourth-order valence-corrected chi connectivity index (χ4v) is 4.36. The standard InChI is InChI=1S/C24H23N3O3S/c1-30-13-12-26(14-18-8-4-2-5-9-18)21(28)15-27-17-25-23-22(24(27)29)20(16-31-23)19-10-6-3-7-11-19/h2-11,16-17H,12-15H2,1H3. The molecular formula is C24H23N3O3S. The Kier molecular flexibility index (Phi) is 6.54. The van der Waals surface area contributed by atoms with Gasteiger partial charge in [0.15, 0.2) is 0 Å². The van der Waals surface area contributed by atoms with Gasteiger partial charge in [-0.3, -0.25) is 14.2 Å². The summed E-state index contributed by atoms with van der Waals surface area (Å²) in [5.41, 5.74) is 2.63. The second-order valence-electron chi connectivity index (χ2n) is 7.17. The molecule has 31 heavy (non-hydrogen) atoms. The third-order valence-corrected chi connectivity index (χ3v) is 5.97. The summed E-state index contributed by atoms with van der Waals surface area (Å²) in [5, 5.41) is 2.50. The molecule has 0 N–H and O–H groups in total. The molecule has 0 spiro atoms. The number of hydrogen-bond acceptors (Lipinski definition) is 5. The number of amides is 1. The number of aromatic nitrogens is 2. The Labute approximate surface area is 184 Å². The molecule has 4 aromatic rings. The van der Waals surface area contributed by atoms with Crippen LogP contribution in [0.25, 0.3) is 21.3 Å². The van der Waals surface area contributed by atoms with Crippen LogP contribution < -0.4 is 5.56 Å². The van der Waals surface area contributed by atoms with E-state index in [1.807, 2.05) is 66.0 Å². The van der Waals surface area contributed by atoms with E-state index < -0.39 is 0 Å². The topological polar surface area (TPSA) is 64.4 Å². The maximum absolute atomic E-state index is 13.2. The quantitative estimate of drug-likeness (QED) is 0.424. The molecule has 0 aliphatic carbocycles. The third-order valence-electron chi connectivity index (χ3n) is 5.09. The first-order valence-electron chi connectivity index (χ1n) is 10.00. The molecule has 7 heteroatoms. The number of thiophene rings is 1. The average Bonchev–Trinajstić information content (AvgIpc) is 3.24. The number of methoxy groups -OCH3 is 1. The van der Waals surface area contributed by atoms with Crippen LogP contribution in [0.1, 0.15) is 5.56 Å². The number of rotatable bonds is 8. The van der Waals surface area contributed by atoms with Crippen LogP contribution in [0, 0.1) is 0 Å². The van der Waals surface area contributed by atoms with E-state index in [2.05, 4.69) is 4.98 Å². The van der Waals surface area contributed by atoms with E-state index in [-0.39, 0.29) is 18.0 Å². The summed E-state index contributed by atoms with van der Waals surface area (Å²) < 4.78 is 6.57. The van der Waals surface area contributed by atoms with Crippen molar-refractivity contribution in [2.45, 2.75) is 13.1 Å². The van der Waals surface area contributed by atoms with Gasteiger partial charge in [0.05, 0.1) is 18.3 Å². The number of benzene rings is 2. The fraction of sp³-hybridized carbons (Fsp3) is 0.208. The molecule has 0 saturated heterocycles. The summed E-state index contributed by atoms with van der Waals surface area (Å²) in [6.45, 7) is 1.26. The molecule has 0 unspecified atom stereocenters. The van der Waals surface area contributed by atoms with Crippen molar-refractivity contribution < 1.29 is 9.53 Å². The minimum Gasteiger partial charge on any atom is -0.383 e. The van der Waals surface area contributed by atoms with Gasteiger partial charge in [-0.25, -0.2) is 4.98 Å². The molecule has 0 radical (unpaired) electrons. The maximum Gasteiger partial charge on any atom is 0.263 e. The van der Waals surface area contributed by atoms with Crippen LogP contribution in [-0.4, -0.2) is 40.6 Å². The van der Waals surface area contributed by atoms with Crippen molar-refractivity contribution in [2.24, 2.45) is 0 Å². The Balaban J connectivity index is 1.62. The van der Waals surface area contributed by atoms with Crippen LogP contribution in [0.15, 0.2) is 77.2 Å². The normalized spacial score (nSPS) is 11.0. The van der Waals surface area contributed by atoms with Crippen molar-refractivity contribution in [3.05, 3.63) is 88.3 Å². The fourth-order valence-electron chi connectivity index (χ4n) is 3.45. The summed E-state index contributed by atoms with van der Waals surface area (Å²) in [6, 6.07) is 19.5. The number of hydrogen-bond donors (Lipinski definition) is 0. The molecule has 0 aliphatic rings. The van der Waals surface area contributed by atoms with Crippen LogP contribution in [0.2, 0.25) is 0 Å². The minimum absolute atomic E-state index is 0.0671. The molecule has 1 amide bonds. The van der Waals surface area contributed by atoms with Gasteiger partial charge >= 0.3 is 0 Å². The van der Waals surface area contributed by atoms with Gasteiger partial charge < -0.3 is 9.64 Å². The number of nitrogens with zero attached hydrogens (tertiary/aromatic N) is 3. The molecule has 0 bridgehead atoms. The Bertz CT molecular complexity index is 1220. The second kappa shape index (κ2) is 9.68. The summed E-state index contributed by atoms with van der Waals surface area (Å²) in [5.74, 6) is -0.152. The number of carbonyl (C=O) groups excluding carboxylic acids is 1. The van der Waals surface area contributed by atoms with Gasteiger partial charge in [0.25, 0.3) is 5.56 Å². The van der Waals surface area contributed by atoms with Crippen LogP contribution in [-0.2, 0) is 22.6 Å². The van der Waals surface area contributed by atoms with E-state index in [9.17, 15) is 9.59 Å². The summed E-state index contributed by atoms with van der Waals surface area (Å²) >= 11 is 1.43. The molecule has 6 nitrogen and oxygen atoms in total. The summed E-state index contributed by atoms with van der Waals surface area (Å²) in [4.78, 5) is 33.2. The van der Waals surface area contributed by atoms with Crippen molar-refractivity contribution in [1.82, 2.24) is 14.5 Å². The lowest BCUT2D eigenvalue weighted by Gasteiger charge is -2.23. The molecule has 0 saturated carbocycles. The molecule has 0 aliphatic heterocycles. The van der Waals surface area contributed by atoms with Gasteiger partial charge in [0.1, 0.15) is 11.4 Å².